The van der Waals surface area contributed by atoms with E-state index < -0.39 is 0 Å². The van der Waals surface area contributed by atoms with Crippen LogP contribution in [0.3, 0.4) is 0 Å². The molecule has 1 aromatic carbocycles. The van der Waals surface area contributed by atoms with E-state index in [2.05, 4.69) is 46.3 Å². The molecule has 2 nitrogen and oxygen atoms in total. The van der Waals surface area contributed by atoms with E-state index in [0.29, 0.717) is 0 Å². The first kappa shape index (κ1) is 12.4. The molecule has 19 heavy (non-hydrogen) atoms. The molecular weight excluding hydrogens is 232 g/mol. The van der Waals surface area contributed by atoms with Crippen molar-refractivity contribution < 1.29 is 0 Å². The van der Waals surface area contributed by atoms with Crippen molar-refractivity contribution in [2.24, 2.45) is 0 Å². The molecular formula is C17H20N2. The Labute approximate surface area is 115 Å². The Bertz CT molecular complexity index is 487. The van der Waals surface area contributed by atoms with Gasteiger partial charge in [0.25, 0.3) is 0 Å². The fourth-order valence-corrected chi connectivity index (χ4v) is 2.90. The van der Waals surface area contributed by atoms with Crippen molar-refractivity contribution >= 4 is 0 Å². The van der Waals surface area contributed by atoms with Crippen LogP contribution in [0.5, 0.6) is 0 Å². The van der Waals surface area contributed by atoms with Gasteiger partial charge in [0.15, 0.2) is 0 Å². The van der Waals surface area contributed by atoms with Crippen LogP contribution in [0.25, 0.3) is 0 Å². The summed E-state index contributed by atoms with van der Waals surface area (Å²) in [6.45, 7) is 3.41. The van der Waals surface area contributed by atoms with Crippen LogP contribution in [0, 0.1) is 0 Å². The number of hydrogen-bond acceptors (Lipinski definition) is 2. The molecule has 0 N–H and O–H groups in total. The highest BCUT2D eigenvalue weighted by Gasteiger charge is 2.20. The number of aromatic nitrogens is 1. The van der Waals surface area contributed by atoms with Crippen molar-refractivity contribution in [1.29, 1.82) is 0 Å². The normalized spacial score (nSPS) is 17.5. The van der Waals surface area contributed by atoms with Crippen molar-refractivity contribution in [3.8, 4) is 0 Å². The van der Waals surface area contributed by atoms with Crippen molar-refractivity contribution in [3.63, 3.8) is 0 Å². The van der Waals surface area contributed by atoms with Gasteiger partial charge in [0.05, 0.1) is 0 Å². The molecule has 2 heteroatoms. The summed E-state index contributed by atoms with van der Waals surface area (Å²) in [4.78, 5) is 6.72. The molecule has 3 rings (SSSR count). The molecule has 0 aliphatic carbocycles. The summed E-state index contributed by atoms with van der Waals surface area (Å²) in [5, 5.41) is 0. The summed E-state index contributed by atoms with van der Waals surface area (Å²) >= 11 is 0. The maximum atomic E-state index is 4.19. The third kappa shape index (κ3) is 3.21. The number of nitrogens with zero attached hydrogens (tertiary/aromatic N) is 2. The number of likely N-dealkylation sites (tertiary alicyclic amines) is 1. The zero-order chi connectivity index (χ0) is 12.9. The SMILES string of the molecule is c1ccc(C2CCN(Cc3cccnc3)CC2)cc1. The molecule has 1 aliphatic rings. The zero-order valence-corrected chi connectivity index (χ0v) is 11.2. The van der Waals surface area contributed by atoms with E-state index in [1.54, 1.807) is 0 Å². The molecule has 1 aliphatic heterocycles. The van der Waals surface area contributed by atoms with Gasteiger partial charge < -0.3 is 0 Å². The Morgan fingerprint density at radius 3 is 2.47 bits per heavy atom. The molecule has 0 radical (unpaired) electrons. The molecule has 0 atom stereocenters. The third-order valence-electron chi connectivity index (χ3n) is 3.99. The number of hydrogen-bond donors (Lipinski definition) is 0. The summed E-state index contributed by atoms with van der Waals surface area (Å²) in [6, 6.07) is 15.1. The summed E-state index contributed by atoms with van der Waals surface area (Å²) in [7, 11) is 0. The summed E-state index contributed by atoms with van der Waals surface area (Å²) in [5.74, 6) is 0.742. The maximum absolute atomic E-state index is 4.19. The lowest BCUT2D eigenvalue weighted by Crippen LogP contribution is -2.32. The second-order valence-corrected chi connectivity index (χ2v) is 5.32. The zero-order valence-electron chi connectivity index (χ0n) is 11.2. The van der Waals surface area contributed by atoms with E-state index in [1.807, 2.05) is 18.5 Å². The van der Waals surface area contributed by atoms with Gasteiger partial charge in [-0.1, -0.05) is 36.4 Å². The van der Waals surface area contributed by atoms with Gasteiger partial charge >= 0.3 is 0 Å². The largest absolute Gasteiger partial charge is 0.299 e. The Balaban J connectivity index is 1.55. The maximum Gasteiger partial charge on any atom is 0.0312 e. The molecule has 0 spiro atoms. The first-order chi connectivity index (χ1) is 9.42. The molecule has 2 heterocycles. The predicted octanol–water partition coefficient (Wildman–Crippen LogP) is 3.46. The van der Waals surface area contributed by atoms with Crippen molar-refractivity contribution in [2.75, 3.05) is 13.1 Å². The van der Waals surface area contributed by atoms with Gasteiger partial charge in [0.1, 0.15) is 0 Å². The predicted molar refractivity (Wildman–Crippen MR) is 77.9 cm³/mol. The minimum Gasteiger partial charge on any atom is -0.299 e. The highest BCUT2D eigenvalue weighted by molar-refractivity contribution is 5.20. The topological polar surface area (TPSA) is 16.1 Å². The average molecular weight is 252 g/mol. The molecule has 1 fully saturated rings. The number of benzene rings is 1. The summed E-state index contributed by atoms with van der Waals surface area (Å²) < 4.78 is 0. The minimum absolute atomic E-state index is 0.742. The summed E-state index contributed by atoms with van der Waals surface area (Å²) in [6.07, 6.45) is 6.35. The number of pyridine rings is 1. The van der Waals surface area contributed by atoms with Crippen LogP contribution in [0.2, 0.25) is 0 Å². The monoisotopic (exact) mass is 252 g/mol. The molecule has 98 valence electrons. The van der Waals surface area contributed by atoms with E-state index in [9.17, 15) is 0 Å². The van der Waals surface area contributed by atoms with E-state index in [1.165, 1.54) is 37.1 Å². The van der Waals surface area contributed by atoms with Crippen molar-refractivity contribution in [1.82, 2.24) is 9.88 Å². The molecule has 1 aromatic heterocycles. The van der Waals surface area contributed by atoms with Gasteiger partial charge in [-0.3, -0.25) is 9.88 Å². The van der Waals surface area contributed by atoms with Crippen molar-refractivity contribution in [3.05, 3.63) is 66.0 Å². The Hall–Kier alpha value is -1.67. The highest BCUT2D eigenvalue weighted by Crippen LogP contribution is 2.28. The van der Waals surface area contributed by atoms with Gasteiger partial charge in [-0.15, -0.1) is 0 Å². The first-order valence-corrected chi connectivity index (χ1v) is 7.08. The standard InChI is InChI=1S/C17H20N2/c1-2-6-16(7-3-1)17-8-11-19(12-9-17)14-15-5-4-10-18-13-15/h1-7,10,13,17H,8-9,11-12,14H2. The lowest BCUT2D eigenvalue weighted by molar-refractivity contribution is 0.204. The molecule has 0 saturated carbocycles. The van der Waals surface area contributed by atoms with Gasteiger partial charge in [-0.25, -0.2) is 0 Å². The van der Waals surface area contributed by atoms with Gasteiger partial charge in [0, 0.05) is 18.9 Å². The van der Waals surface area contributed by atoms with Crippen LogP contribution in [0.4, 0.5) is 0 Å². The summed E-state index contributed by atoms with van der Waals surface area (Å²) in [5.41, 5.74) is 2.82. The van der Waals surface area contributed by atoms with Crippen LogP contribution in [0.1, 0.15) is 29.9 Å². The number of piperidine rings is 1. The molecule has 1 saturated heterocycles. The number of rotatable bonds is 3. The lowest BCUT2D eigenvalue weighted by atomic mass is 9.89. The molecule has 0 amide bonds. The Kier molecular flexibility index (Phi) is 3.89. The smallest absolute Gasteiger partial charge is 0.0312 e. The first-order valence-electron chi connectivity index (χ1n) is 7.08. The van der Waals surface area contributed by atoms with Crippen LogP contribution in [-0.4, -0.2) is 23.0 Å². The van der Waals surface area contributed by atoms with Crippen LogP contribution in [0.15, 0.2) is 54.9 Å². The molecule has 0 unspecified atom stereocenters. The third-order valence-corrected chi connectivity index (χ3v) is 3.99. The quantitative estimate of drug-likeness (QED) is 0.831. The van der Waals surface area contributed by atoms with Crippen LogP contribution < -0.4 is 0 Å². The van der Waals surface area contributed by atoms with Gasteiger partial charge in [-0.05, 0) is 49.0 Å². The second-order valence-electron chi connectivity index (χ2n) is 5.32. The van der Waals surface area contributed by atoms with Crippen LogP contribution in [-0.2, 0) is 6.54 Å². The van der Waals surface area contributed by atoms with E-state index >= 15 is 0 Å². The van der Waals surface area contributed by atoms with E-state index in [0.717, 1.165) is 12.5 Å². The van der Waals surface area contributed by atoms with E-state index in [4.69, 9.17) is 0 Å². The van der Waals surface area contributed by atoms with Gasteiger partial charge in [-0.2, -0.15) is 0 Å². The highest BCUT2D eigenvalue weighted by atomic mass is 15.1. The Morgan fingerprint density at radius 1 is 1.00 bits per heavy atom. The second kappa shape index (κ2) is 5.98. The molecule has 2 aromatic rings. The van der Waals surface area contributed by atoms with E-state index in [-0.39, 0.29) is 0 Å². The molecule has 0 bridgehead atoms. The fourth-order valence-electron chi connectivity index (χ4n) is 2.90. The van der Waals surface area contributed by atoms with Crippen LogP contribution >= 0.6 is 0 Å². The van der Waals surface area contributed by atoms with Gasteiger partial charge in [0.2, 0.25) is 0 Å². The average Bonchev–Trinajstić information content (AvgIpc) is 2.50. The minimum atomic E-state index is 0.742. The fraction of sp³-hybridized carbons (Fsp3) is 0.353. The van der Waals surface area contributed by atoms with Crippen molar-refractivity contribution in [2.45, 2.75) is 25.3 Å². The Morgan fingerprint density at radius 2 is 1.79 bits per heavy atom. The lowest BCUT2D eigenvalue weighted by Gasteiger charge is -2.32.